The number of hydrogen-bond acceptors (Lipinski definition) is 5. The first kappa shape index (κ1) is 15.5. The number of hydrogen-bond donors (Lipinski definition) is 1. The minimum Gasteiger partial charge on any atom is -0.505 e. The van der Waals surface area contributed by atoms with Crippen LogP contribution in [0.4, 0.5) is 0 Å². The number of carbonyl (C=O) groups excluding carboxylic acids is 1. The summed E-state index contributed by atoms with van der Waals surface area (Å²) in [6.45, 7) is 0. The van der Waals surface area contributed by atoms with Gasteiger partial charge in [-0.1, -0.05) is 30.3 Å². The molecule has 0 atom stereocenters. The topological polar surface area (TPSA) is 87.8 Å². The van der Waals surface area contributed by atoms with E-state index in [0.29, 0.717) is 11.0 Å². The van der Waals surface area contributed by atoms with E-state index in [1.54, 1.807) is 36.4 Å². The van der Waals surface area contributed by atoms with Gasteiger partial charge in [-0.25, -0.2) is 8.42 Å². The van der Waals surface area contributed by atoms with Gasteiger partial charge in [-0.15, -0.1) is 0 Å². The Morgan fingerprint density at radius 1 is 1.08 bits per heavy atom. The predicted octanol–water partition coefficient (Wildman–Crippen LogP) is 3.18. The van der Waals surface area contributed by atoms with Crippen LogP contribution in [0.5, 0.6) is 0 Å². The van der Waals surface area contributed by atoms with Crippen molar-refractivity contribution in [3.63, 3.8) is 0 Å². The van der Waals surface area contributed by atoms with Crippen LogP contribution in [-0.4, -0.2) is 30.7 Å². The molecule has 3 aromatic rings. The van der Waals surface area contributed by atoms with E-state index >= 15 is 0 Å². The van der Waals surface area contributed by atoms with Crippen LogP contribution in [0.15, 0.2) is 69.6 Å². The lowest BCUT2D eigenvalue weighted by Gasteiger charge is -2.27. The molecule has 4 rings (SSSR count). The molecule has 0 bridgehead atoms. The zero-order valence-electron chi connectivity index (χ0n) is 13.1. The van der Waals surface area contributed by atoms with Crippen LogP contribution in [-0.2, 0) is 10.0 Å². The number of para-hydroxylation sites is 1. The van der Waals surface area contributed by atoms with Crippen LogP contribution >= 0.6 is 0 Å². The van der Waals surface area contributed by atoms with Crippen LogP contribution < -0.4 is 0 Å². The molecule has 0 radical (unpaired) electrons. The Balaban J connectivity index is 1.93. The number of allylic oxidation sites excluding steroid dienone is 1. The standard InChI is InChI=1S/C18H13NO5S/c1-19-16(17(20)12-7-3-5-9-15(12)25(19,22)23)18(21)14-10-11-6-2-4-8-13(11)24-14/h2-10,20H,1H3. The molecule has 0 saturated heterocycles. The quantitative estimate of drug-likeness (QED) is 0.713. The van der Waals surface area contributed by atoms with Crippen molar-refractivity contribution in [2.75, 3.05) is 7.05 Å². The summed E-state index contributed by atoms with van der Waals surface area (Å²) < 4.78 is 31.6. The van der Waals surface area contributed by atoms with Gasteiger partial charge in [0, 0.05) is 18.0 Å². The second-order valence-corrected chi connectivity index (χ2v) is 7.58. The smallest absolute Gasteiger partial charge is 0.265 e. The number of sulfonamides is 1. The maximum absolute atomic E-state index is 12.9. The summed E-state index contributed by atoms with van der Waals surface area (Å²) in [5.41, 5.74) is 0.269. The highest BCUT2D eigenvalue weighted by molar-refractivity contribution is 7.89. The predicted molar refractivity (Wildman–Crippen MR) is 91.5 cm³/mol. The molecule has 1 aliphatic rings. The van der Waals surface area contributed by atoms with E-state index in [9.17, 15) is 18.3 Å². The molecule has 0 fully saturated rings. The Kier molecular flexibility index (Phi) is 3.23. The number of Topliss-reactive ketones (excluding diaryl/α,β-unsaturated/α-hetero) is 1. The Morgan fingerprint density at radius 3 is 2.52 bits per heavy atom. The lowest BCUT2D eigenvalue weighted by molar-refractivity contribution is 0.0986. The fourth-order valence-electron chi connectivity index (χ4n) is 2.89. The van der Waals surface area contributed by atoms with Gasteiger partial charge in [-0.05, 0) is 24.3 Å². The number of nitrogens with zero attached hydrogens (tertiary/aromatic N) is 1. The third-order valence-corrected chi connectivity index (χ3v) is 6.00. The van der Waals surface area contributed by atoms with Gasteiger partial charge in [0.05, 0.1) is 4.90 Å². The first-order valence-electron chi connectivity index (χ1n) is 7.46. The van der Waals surface area contributed by atoms with Crippen molar-refractivity contribution in [2.45, 2.75) is 4.90 Å². The van der Waals surface area contributed by atoms with Crippen LogP contribution in [0.25, 0.3) is 16.7 Å². The van der Waals surface area contributed by atoms with E-state index in [-0.39, 0.29) is 21.9 Å². The highest BCUT2D eigenvalue weighted by Gasteiger charge is 2.38. The van der Waals surface area contributed by atoms with Crippen LogP contribution in [0.2, 0.25) is 0 Å². The van der Waals surface area contributed by atoms with E-state index in [1.807, 2.05) is 0 Å². The summed E-state index contributed by atoms with van der Waals surface area (Å²) in [6, 6.07) is 14.6. The lowest BCUT2D eigenvalue weighted by atomic mass is 10.1. The molecule has 2 aromatic carbocycles. The Hall–Kier alpha value is -3.06. The molecule has 126 valence electrons. The van der Waals surface area contributed by atoms with Gasteiger partial charge in [-0.3, -0.25) is 9.10 Å². The molecule has 1 aliphatic heterocycles. The minimum absolute atomic E-state index is 0.0378. The fourth-order valence-corrected chi connectivity index (χ4v) is 4.29. The second kappa shape index (κ2) is 5.22. The molecule has 25 heavy (non-hydrogen) atoms. The highest BCUT2D eigenvalue weighted by Crippen LogP contribution is 2.36. The first-order valence-corrected chi connectivity index (χ1v) is 8.90. The monoisotopic (exact) mass is 355 g/mol. The maximum atomic E-state index is 12.9. The Labute approximate surface area is 143 Å². The maximum Gasteiger partial charge on any atom is 0.265 e. The van der Waals surface area contributed by atoms with Crippen molar-refractivity contribution in [3.8, 4) is 0 Å². The molecule has 7 heteroatoms. The van der Waals surface area contributed by atoms with Crippen molar-refractivity contribution in [1.82, 2.24) is 4.31 Å². The molecule has 1 N–H and O–H groups in total. The van der Waals surface area contributed by atoms with Gasteiger partial charge >= 0.3 is 0 Å². The number of furan rings is 1. The number of likely N-dealkylation sites (N-methyl/N-ethyl adjacent to an activating group) is 1. The van der Waals surface area contributed by atoms with Gasteiger partial charge < -0.3 is 9.52 Å². The summed E-state index contributed by atoms with van der Waals surface area (Å²) in [6.07, 6.45) is 0. The normalized spacial score (nSPS) is 16.1. The summed E-state index contributed by atoms with van der Waals surface area (Å²) >= 11 is 0. The summed E-state index contributed by atoms with van der Waals surface area (Å²) in [5.74, 6) is -1.13. The fraction of sp³-hybridized carbons (Fsp3) is 0.0556. The van der Waals surface area contributed by atoms with E-state index in [1.165, 1.54) is 25.2 Å². The largest absolute Gasteiger partial charge is 0.505 e. The van der Waals surface area contributed by atoms with Gasteiger partial charge in [0.2, 0.25) is 5.78 Å². The molecule has 0 spiro atoms. The first-order chi connectivity index (χ1) is 11.9. The van der Waals surface area contributed by atoms with Crippen LogP contribution in [0.3, 0.4) is 0 Å². The Bertz CT molecular complexity index is 1120. The average molecular weight is 355 g/mol. The van der Waals surface area contributed by atoms with E-state index in [4.69, 9.17) is 4.42 Å². The average Bonchev–Trinajstić information content (AvgIpc) is 3.04. The minimum atomic E-state index is -3.93. The zero-order chi connectivity index (χ0) is 17.8. The highest BCUT2D eigenvalue weighted by atomic mass is 32.2. The molecule has 0 amide bonds. The number of aliphatic hydroxyl groups is 1. The van der Waals surface area contributed by atoms with E-state index in [0.717, 1.165) is 4.31 Å². The number of rotatable bonds is 2. The molecule has 1 aromatic heterocycles. The third kappa shape index (κ3) is 2.16. The van der Waals surface area contributed by atoms with E-state index < -0.39 is 21.6 Å². The zero-order valence-corrected chi connectivity index (χ0v) is 13.9. The molecule has 0 unspecified atom stereocenters. The van der Waals surface area contributed by atoms with E-state index in [2.05, 4.69) is 0 Å². The second-order valence-electron chi connectivity index (χ2n) is 5.64. The Morgan fingerprint density at radius 2 is 1.76 bits per heavy atom. The van der Waals surface area contributed by atoms with Crippen molar-refractivity contribution >= 4 is 32.5 Å². The van der Waals surface area contributed by atoms with Gasteiger partial charge in [-0.2, -0.15) is 0 Å². The van der Waals surface area contributed by atoms with Gasteiger partial charge in [0.15, 0.2) is 11.5 Å². The van der Waals surface area contributed by atoms with Crippen molar-refractivity contribution in [2.24, 2.45) is 0 Å². The number of ketones is 1. The molecule has 0 saturated carbocycles. The summed E-state index contributed by atoms with van der Waals surface area (Å²) in [5, 5.41) is 11.3. The van der Waals surface area contributed by atoms with Crippen molar-refractivity contribution in [3.05, 3.63) is 71.6 Å². The van der Waals surface area contributed by atoms with Gasteiger partial charge in [0.1, 0.15) is 11.3 Å². The number of benzene rings is 2. The molecule has 2 heterocycles. The van der Waals surface area contributed by atoms with Crippen LogP contribution in [0, 0.1) is 0 Å². The third-order valence-electron chi connectivity index (χ3n) is 4.18. The van der Waals surface area contributed by atoms with Gasteiger partial charge in [0.25, 0.3) is 10.0 Å². The summed E-state index contributed by atoms with van der Waals surface area (Å²) in [4.78, 5) is 12.8. The number of carbonyl (C=O) groups is 1. The van der Waals surface area contributed by atoms with Crippen molar-refractivity contribution in [1.29, 1.82) is 0 Å². The lowest BCUT2D eigenvalue weighted by Crippen LogP contribution is -2.35. The molecule has 6 nitrogen and oxygen atoms in total. The molecule has 0 aliphatic carbocycles. The van der Waals surface area contributed by atoms with Crippen LogP contribution in [0.1, 0.15) is 16.1 Å². The number of fused-ring (bicyclic) bond motifs is 2. The number of aliphatic hydroxyl groups excluding tert-OH is 1. The van der Waals surface area contributed by atoms with Crippen molar-refractivity contribution < 1.29 is 22.7 Å². The summed E-state index contributed by atoms with van der Waals surface area (Å²) in [7, 11) is -2.70. The molecular weight excluding hydrogens is 342 g/mol. The SMILES string of the molecule is CN1C(C(=O)c2cc3ccccc3o2)=C(O)c2ccccc2S1(=O)=O. The molecular formula is C18H13NO5S.